The highest BCUT2D eigenvalue weighted by molar-refractivity contribution is 5.76. The monoisotopic (exact) mass is 163 g/mol. The van der Waals surface area contributed by atoms with Crippen molar-refractivity contribution >= 4 is 5.91 Å². The molecule has 1 amide bonds. The molecule has 0 aliphatic carbocycles. The Hall–Kier alpha value is -1.76. The summed E-state index contributed by atoms with van der Waals surface area (Å²) in [5, 5.41) is 0. The average molecular weight is 163 g/mol. The summed E-state index contributed by atoms with van der Waals surface area (Å²) in [6.45, 7) is 1.83. The zero-order valence-electron chi connectivity index (χ0n) is 6.72. The number of aromatic nitrogens is 2. The fraction of sp³-hybridized carbons (Fsp3) is 0.250. The number of aryl methyl sites for hydroxylation is 1. The second-order valence-corrected chi connectivity index (χ2v) is 2.33. The second-order valence-electron chi connectivity index (χ2n) is 2.33. The minimum Gasteiger partial charge on any atom is -0.369 e. The molecule has 0 atom stereocenters. The Labute approximate surface area is 70.2 Å². The zero-order chi connectivity index (χ0) is 8.97. The molecule has 1 rings (SSSR count). The highest BCUT2D eigenvalue weighted by Crippen LogP contribution is 1.91. The van der Waals surface area contributed by atoms with E-state index in [9.17, 15) is 4.79 Å². The molecule has 0 unspecified atom stereocenters. The summed E-state index contributed by atoms with van der Waals surface area (Å²) in [7, 11) is 0. The molecule has 4 nitrogen and oxygen atoms in total. The third-order valence-electron chi connectivity index (χ3n) is 1.19. The molecule has 0 spiro atoms. The maximum atomic E-state index is 10.3. The normalized spacial score (nSPS) is 8.75. The summed E-state index contributed by atoms with van der Waals surface area (Å²) in [4.78, 5) is 17.1. The van der Waals surface area contributed by atoms with Crippen LogP contribution in [0.5, 0.6) is 0 Å². The largest absolute Gasteiger partial charge is 0.369 e. The number of carbonyl (C=O) groups excluding carboxylic acids is 1. The van der Waals surface area contributed by atoms with E-state index in [4.69, 9.17) is 5.73 Å². The van der Waals surface area contributed by atoms with Gasteiger partial charge in [0.1, 0.15) is 11.5 Å². The van der Waals surface area contributed by atoms with Crippen LogP contribution in [0, 0.1) is 18.8 Å². The van der Waals surface area contributed by atoms with Gasteiger partial charge in [-0.3, -0.25) is 4.79 Å². The third kappa shape index (κ3) is 2.46. The smallest absolute Gasteiger partial charge is 0.229 e. The second kappa shape index (κ2) is 3.58. The third-order valence-corrected chi connectivity index (χ3v) is 1.19. The van der Waals surface area contributed by atoms with Gasteiger partial charge in [-0.05, 0) is 12.8 Å². The van der Waals surface area contributed by atoms with Gasteiger partial charge in [0.05, 0.1) is 12.6 Å². The Balaban J connectivity index is 2.60. The maximum Gasteiger partial charge on any atom is 0.229 e. The van der Waals surface area contributed by atoms with E-state index < -0.39 is 5.91 Å². The van der Waals surface area contributed by atoms with Crippen molar-refractivity contribution in [2.75, 3.05) is 0 Å². The molecule has 0 radical (unpaired) electrons. The Morgan fingerprint density at radius 3 is 3.08 bits per heavy atom. The lowest BCUT2D eigenvalue weighted by Gasteiger charge is -1.80. The molecule has 0 aliphatic rings. The molecule has 3 N–H and O–H groups in total. The molecular weight excluding hydrogens is 154 g/mol. The van der Waals surface area contributed by atoms with Gasteiger partial charge in [0.2, 0.25) is 5.91 Å². The van der Waals surface area contributed by atoms with Crippen molar-refractivity contribution in [3.63, 3.8) is 0 Å². The van der Waals surface area contributed by atoms with Crippen LogP contribution in [0.25, 0.3) is 0 Å². The molecule has 0 bridgehead atoms. The molecule has 1 heterocycles. The van der Waals surface area contributed by atoms with Gasteiger partial charge in [0.25, 0.3) is 0 Å². The van der Waals surface area contributed by atoms with Crippen molar-refractivity contribution < 1.29 is 4.79 Å². The maximum absolute atomic E-state index is 10.3. The first-order valence-electron chi connectivity index (χ1n) is 3.47. The lowest BCUT2D eigenvalue weighted by Crippen LogP contribution is -2.08. The minimum absolute atomic E-state index is 0.0814. The fourth-order valence-corrected chi connectivity index (χ4v) is 0.711. The summed E-state index contributed by atoms with van der Waals surface area (Å²) in [6.07, 6.45) is 1.70. The van der Waals surface area contributed by atoms with Crippen LogP contribution < -0.4 is 5.73 Å². The first-order valence-corrected chi connectivity index (χ1v) is 3.47. The molecule has 62 valence electrons. The van der Waals surface area contributed by atoms with Crippen molar-refractivity contribution in [2.24, 2.45) is 5.73 Å². The van der Waals surface area contributed by atoms with Crippen LogP contribution in [-0.4, -0.2) is 15.9 Å². The van der Waals surface area contributed by atoms with E-state index in [1.165, 1.54) is 0 Å². The summed E-state index contributed by atoms with van der Waals surface area (Å²) in [5.74, 6) is 5.73. The van der Waals surface area contributed by atoms with E-state index in [-0.39, 0.29) is 6.42 Å². The van der Waals surface area contributed by atoms with E-state index >= 15 is 0 Å². The van der Waals surface area contributed by atoms with Crippen LogP contribution in [-0.2, 0) is 4.79 Å². The first kappa shape index (κ1) is 8.34. The Bertz CT molecular complexity index is 343. The minimum atomic E-state index is -0.418. The topological polar surface area (TPSA) is 71.8 Å². The van der Waals surface area contributed by atoms with Crippen LogP contribution in [0.4, 0.5) is 0 Å². The van der Waals surface area contributed by atoms with Gasteiger partial charge < -0.3 is 10.7 Å². The highest BCUT2D eigenvalue weighted by Gasteiger charge is 1.90. The number of amides is 1. The van der Waals surface area contributed by atoms with Gasteiger partial charge in [-0.2, -0.15) is 0 Å². The standard InChI is InChI=1S/C8H9N3O/c1-6-10-5-7(11-6)3-2-4-8(9)12/h5H,4H2,1H3,(H2,9,12)(H,10,11). The summed E-state index contributed by atoms with van der Waals surface area (Å²) < 4.78 is 0. The number of nitrogens with zero attached hydrogens (tertiary/aromatic N) is 1. The molecule has 1 aromatic rings. The molecule has 0 aromatic carbocycles. The zero-order valence-corrected chi connectivity index (χ0v) is 6.72. The number of hydrogen-bond acceptors (Lipinski definition) is 2. The van der Waals surface area contributed by atoms with Crippen LogP contribution in [0.15, 0.2) is 6.20 Å². The number of imidazole rings is 1. The number of hydrogen-bond donors (Lipinski definition) is 2. The molecule has 4 heteroatoms. The van der Waals surface area contributed by atoms with Crippen molar-refractivity contribution in [3.8, 4) is 11.8 Å². The lowest BCUT2D eigenvalue weighted by molar-refractivity contribution is -0.117. The van der Waals surface area contributed by atoms with E-state index in [0.717, 1.165) is 5.82 Å². The quantitative estimate of drug-likeness (QED) is 0.569. The lowest BCUT2D eigenvalue weighted by atomic mass is 10.4. The predicted octanol–water partition coefficient (Wildman–Crippen LogP) is -0.0550. The SMILES string of the molecule is Cc1ncc(C#CCC(N)=O)[nH]1. The van der Waals surface area contributed by atoms with Crippen molar-refractivity contribution in [1.29, 1.82) is 0 Å². The molecule has 0 fully saturated rings. The molecule has 12 heavy (non-hydrogen) atoms. The highest BCUT2D eigenvalue weighted by atomic mass is 16.1. The fourth-order valence-electron chi connectivity index (χ4n) is 0.711. The van der Waals surface area contributed by atoms with E-state index in [0.29, 0.717) is 5.69 Å². The first-order chi connectivity index (χ1) is 5.68. The molecular formula is C8H9N3O. The number of carbonyl (C=O) groups is 1. The van der Waals surface area contributed by atoms with Crippen molar-refractivity contribution in [1.82, 2.24) is 9.97 Å². The Morgan fingerprint density at radius 1 is 1.83 bits per heavy atom. The number of H-pyrrole nitrogens is 1. The molecule has 0 saturated carbocycles. The number of primary amides is 1. The molecule has 1 aromatic heterocycles. The average Bonchev–Trinajstić information content (AvgIpc) is 2.35. The van der Waals surface area contributed by atoms with Gasteiger partial charge in [-0.15, -0.1) is 0 Å². The Morgan fingerprint density at radius 2 is 2.58 bits per heavy atom. The van der Waals surface area contributed by atoms with Gasteiger partial charge in [0.15, 0.2) is 0 Å². The van der Waals surface area contributed by atoms with Gasteiger partial charge in [0, 0.05) is 0 Å². The molecule has 0 aliphatic heterocycles. The predicted molar refractivity (Wildman–Crippen MR) is 44.0 cm³/mol. The van der Waals surface area contributed by atoms with Crippen LogP contribution in [0.2, 0.25) is 0 Å². The van der Waals surface area contributed by atoms with Crippen LogP contribution in [0.1, 0.15) is 17.9 Å². The summed E-state index contributed by atoms with van der Waals surface area (Å²) >= 11 is 0. The van der Waals surface area contributed by atoms with Crippen molar-refractivity contribution in [2.45, 2.75) is 13.3 Å². The number of nitrogens with one attached hydrogen (secondary N) is 1. The Kier molecular flexibility index (Phi) is 2.49. The van der Waals surface area contributed by atoms with Crippen LogP contribution in [0.3, 0.4) is 0 Å². The van der Waals surface area contributed by atoms with Gasteiger partial charge in [-0.25, -0.2) is 4.98 Å². The van der Waals surface area contributed by atoms with E-state index in [2.05, 4.69) is 21.8 Å². The van der Waals surface area contributed by atoms with Crippen LogP contribution >= 0.6 is 0 Å². The number of nitrogens with two attached hydrogens (primary N) is 1. The van der Waals surface area contributed by atoms with E-state index in [1.54, 1.807) is 6.20 Å². The number of rotatable bonds is 1. The molecule has 0 saturated heterocycles. The van der Waals surface area contributed by atoms with E-state index in [1.807, 2.05) is 6.92 Å². The number of aromatic amines is 1. The summed E-state index contributed by atoms with van der Waals surface area (Å²) in [6, 6.07) is 0. The van der Waals surface area contributed by atoms with Gasteiger partial charge >= 0.3 is 0 Å². The van der Waals surface area contributed by atoms with Crippen molar-refractivity contribution in [3.05, 3.63) is 17.7 Å². The van der Waals surface area contributed by atoms with Gasteiger partial charge in [-0.1, -0.05) is 5.92 Å². The summed E-state index contributed by atoms with van der Waals surface area (Å²) in [5.41, 5.74) is 5.60.